The average Bonchev–Trinajstić information content (AvgIpc) is 3.06. The van der Waals surface area contributed by atoms with Gasteiger partial charge in [-0.1, -0.05) is 12.1 Å². The summed E-state index contributed by atoms with van der Waals surface area (Å²) in [5.41, 5.74) is 0.769. The highest BCUT2D eigenvalue weighted by molar-refractivity contribution is 6.06. The molecule has 166 valence electrons. The van der Waals surface area contributed by atoms with Crippen LogP contribution in [0.5, 0.6) is 5.75 Å². The van der Waals surface area contributed by atoms with E-state index in [0.717, 1.165) is 5.56 Å². The van der Waals surface area contributed by atoms with Gasteiger partial charge < -0.3 is 24.3 Å². The molecule has 0 radical (unpaired) electrons. The number of methoxy groups -OCH3 is 3. The topological polar surface area (TPSA) is 86.3 Å². The van der Waals surface area contributed by atoms with Crippen LogP contribution >= 0.6 is 0 Å². The van der Waals surface area contributed by atoms with Crippen LogP contribution in [0.4, 0.5) is 5.69 Å². The van der Waals surface area contributed by atoms with Crippen molar-refractivity contribution in [3.05, 3.63) is 48.3 Å². The Morgan fingerprint density at radius 3 is 2.84 bits per heavy atom. The van der Waals surface area contributed by atoms with Gasteiger partial charge >= 0.3 is 5.97 Å². The molecule has 0 bridgehead atoms. The van der Waals surface area contributed by atoms with Crippen LogP contribution in [-0.4, -0.2) is 57.4 Å². The molecule has 1 spiro atoms. The third-order valence-corrected chi connectivity index (χ3v) is 6.55. The molecule has 3 heterocycles. The summed E-state index contributed by atoms with van der Waals surface area (Å²) in [5, 5.41) is 2.95. The summed E-state index contributed by atoms with van der Waals surface area (Å²) >= 11 is 0. The highest BCUT2D eigenvalue weighted by Gasteiger charge is 2.56. The van der Waals surface area contributed by atoms with Gasteiger partial charge in [0, 0.05) is 25.4 Å². The maximum atomic E-state index is 13.1. The Bertz CT molecular complexity index is 929. The Morgan fingerprint density at radius 2 is 2.16 bits per heavy atom. The second-order valence-corrected chi connectivity index (χ2v) is 8.02. The third-order valence-electron chi connectivity index (χ3n) is 6.55. The molecule has 1 aromatic rings. The van der Waals surface area contributed by atoms with E-state index in [1.807, 2.05) is 24.3 Å². The molecule has 0 aliphatic carbocycles. The fourth-order valence-corrected chi connectivity index (χ4v) is 5.04. The molecule has 3 aliphatic rings. The number of hydrogen-bond acceptors (Lipinski definition) is 7. The fourth-order valence-electron chi connectivity index (χ4n) is 5.04. The van der Waals surface area contributed by atoms with E-state index in [9.17, 15) is 9.59 Å². The number of benzene rings is 1. The van der Waals surface area contributed by atoms with Crippen LogP contribution in [0.15, 0.2) is 42.7 Å². The molecule has 2 fully saturated rings. The standard InChI is InChI=1S/C23H28N2O6/c1-5-14-12-25-10-9-23(20-17(24-22(23)27)7-6-8-18(20)29-3)31-19(25)11-15(14)16(13-28-2)21(26)30-4/h5-8,13-15,19H,1,9-12H2,2-4H3,(H,24,27)/b16-13+/t14-,15-,19+,23+/m0/s1. The monoisotopic (exact) mass is 428 g/mol. The first-order valence-corrected chi connectivity index (χ1v) is 10.3. The number of nitrogens with one attached hydrogen (secondary N) is 1. The van der Waals surface area contributed by atoms with Crippen LogP contribution in [0.25, 0.3) is 0 Å². The minimum absolute atomic E-state index is 0.0219. The fraction of sp³-hybridized carbons (Fsp3) is 0.478. The summed E-state index contributed by atoms with van der Waals surface area (Å²) in [7, 11) is 4.44. The lowest BCUT2D eigenvalue weighted by molar-refractivity contribution is -0.215. The van der Waals surface area contributed by atoms with Gasteiger partial charge in [-0.25, -0.2) is 4.79 Å². The van der Waals surface area contributed by atoms with Gasteiger partial charge in [0.1, 0.15) is 12.0 Å². The van der Waals surface area contributed by atoms with Crippen molar-refractivity contribution in [2.24, 2.45) is 11.8 Å². The summed E-state index contributed by atoms with van der Waals surface area (Å²) < 4.78 is 22.3. The SMILES string of the molecule is C=C[C@H]1CN2CC[C@]3(O[C@@H]2C[C@@H]1/C(=C\OC)C(=O)OC)C(=O)Nc1cccc(OC)c13. The zero-order valence-electron chi connectivity index (χ0n) is 18.1. The van der Waals surface area contributed by atoms with E-state index in [4.69, 9.17) is 18.9 Å². The van der Waals surface area contributed by atoms with E-state index in [1.165, 1.54) is 20.5 Å². The van der Waals surface area contributed by atoms with E-state index in [-0.39, 0.29) is 24.0 Å². The van der Waals surface area contributed by atoms with Crippen molar-refractivity contribution in [2.45, 2.75) is 24.7 Å². The van der Waals surface area contributed by atoms with E-state index >= 15 is 0 Å². The summed E-state index contributed by atoms with van der Waals surface area (Å²) in [5.74, 6) is -0.190. The van der Waals surface area contributed by atoms with Crippen LogP contribution < -0.4 is 10.1 Å². The number of amides is 1. The number of fused-ring (bicyclic) bond motifs is 3. The van der Waals surface area contributed by atoms with Crippen LogP contribution in [-0.2, 0) is 29.4 Å². The van der Waals surface area contributed by atoms with Crippen molar-refractivity contribution in [1.82, 2.24) is 4.90 Å². The number of carbonyl (C=O) groups is 2. The van der Waals surface area contributed by atoms with Crippen molar-refractivity contribution in [3.8, 4) is 5.75 Å². The summed E-state index contributed by atoms with van der Waals surface area (Å²) in [6.45, 7) is 5.30. The molecule has 0 unspecified atom stereocenters. The van der Waals surface area contributed by atoms with E-state index in [2.05, 4.69) is 16.8 Å². The molecular formula is C23H28N2O6. The molecule has 31 heavy (non-hydrogen) atoms. The lowest BCUT2D eigenvalue weighted by Gasteiger charge is -2.50. The molecule has 0 aromatic heterocycles. The second-order valence-electron chi connectivity index (χ2n) is 8.02. The lowest BCUT2D eigenvalue weighted by Crippen LogP contribution is -2.58. The Balaban J connectivity index is 1.68. The summed E-state index contributed by atoms with van der Waals surface area (Å²) in [6, 6.07) is 5.54. The van der Waals surface area contributed by atoms with Crippen molar-refractivity contribution in [3.63, 3.8) is 0 Å². The Labute approximate surface area is 181 Å². The Kier molecular flexibility index (Phi) is 5.77. The molecule has 0 saturated carbocycles. The maximum absolute atomic E-state index is 13.1. The first-order chi connectivity index (χ1) is 15.0. The quantitative estimate of drug-likeness (QED) is 0.334. The minimum Gasteiger partial charge on any atom is -0.504 e. The predicted octanol–water partition coefficient (Wildman–Crippen LogP) is 2.42. The third kappa shape index (κ3) is 3.40. The first kappa shape index (κ1) is 21.4. The molecular weight excluding hydrogens is 400 g/mol. The van der Waals surface area contributed by atoms with Gasteiger partial charge in [-0.05, 0) is 24.5 Å². The number of piperidine rings is 1. The van der Waals surface area contributed by atoms with Crippen molar-refractivity contribution in [1.29, 1.82) is 0 Å². The zero-order chi connectivity index (χ0) is 22.2. The van der Waals surface area contributed by atoms with Crippen molar-refractivity contribution < 1.29 is 28.5 Å². The van der Waals surface area contributed by atoms with Gasteiger partial charge in [0.25, 0.3) is 5.91 Å². The molecule has 2 saturated heterocycles. The molecule has 4 atom stereocenters. The smallest absolute Gasteiger partial charge is 0.337 e. The van der Waals surface area contributed by atoms with Crippen molar-refractivity contribution in [2.75, 3.05) is 39.7 Å². The number of rotatable bonds is 5. The number of carbonyl (C=O) groups excluding carboxylic acids is 2. The van der Waals surface area contributed by atoms with Gasteiger partial charge in [0.2, 0.25) is 0 Å². The predicted molar refractivity (Wildman–Crippen MR) is 113 cm³/mol. The van der Waals surface area contributed by atoms with Gasteiger partial charge in [0.05, 0.1) is 44.4 Å². The van der Waals surface area contributed by atoms with Gasteiger partial charge in [0.15, 0.2) is 5.60 Å². The van der Waals surface area contributed by atoms with Gasteiger partial charge in [-0.2, -0.15) is 0 Å². The highest BCUT2D eigenvalue weighted by Crippen LogP contribution is 2.51. The second kappa shape index (κ2) is 8.36. The lowest BCUT2D eigenvalue weighted by atomic mass is 9.78. The maximum Gasteiger partial charge on any atom is 0.337 e. The largest absolute Gasteiger partial charge is 0.504 e. The molecule has 1 amide bonds. The van der Waals surface area contributed by atoms with E-state index < -0.39 is 11.6 Å². The summed E-state index contributed by atoms with van der Waals surface area (Å²) in [6.07, 6.45) is 3.94. The highest BCUT2D eigenvalue weighted by atomic mass is 16.5. The number of esters is 1. The average molecular weight is 428 g/mol. The van der Waals surface area contributed by atoms with Crippen LogP contribution in [0, 0.1) is 11.8 Å². The van der Waals surface area contributed by atoms with E-state index in [0.29, 0.717) is 42.9 Å². The van der Waals surface area contributed by atoms with Crippen LogP contribution in [0.2, 0.25) is 0 Å². The van der Waals surface area contributed by atoms with Crippen molar-refractivity contribution >= 4 is 17.6 Å². The first-order valence-electron chi connectivity index (χ1n) is 10.3. The molecule has 8 nitrogen and oxygen atoms in total. The van der Waals surface area contributed by atoms with Crippen LogP contribution in [0.1, 0.15) is 18.4 Å². The molecule has 1 N–H and O–H groups in total. The van der Waals surface area contributed by atoms with Gasteiger partial charge in [-0.15, -0.1) is 6.58 Å². The molecule has 1 aromatic carbocycles. The number of hydrogen-bond donors (Lipinski definition) is 1. The Morgan fingerprint density at radius 1 is 1.35 bits per heavy atom. The number of ether oxygens (including phenoxy) is 4. The molecule has 8 heteroatoms. The molecule has 4 rings (SSSR count). The number of nitrogens with zero attached hydrogens (tertiary/aromatic N) is 1. The molecule has 3 aliphatic heterocycles. The summed E-state index contributed by atoms with van der Waals surface area (Å²) in [4.78, 5) is 27.7. The minimum atomic E-state index is -1.12. The number of anilines is 1. The normalized spacial score (nSPS) is 30.2. The van der Waals surface area contributed by atoms with E-state index in [1.54, 1.807) is 7.11 Å². The van der Waals surface area contributed by atoms with Gasteiger partial charge in [-0.3, -0.25) is 9.69 Å². The van der Waals surface area contributed by atoms with Crippen LogP contribution in [0.3, 0.4) is 0 Å². The zero-order valence-corrected chi connectivity index (χ0v) is 18.1. The Hall–Kier alpha value is -2.84.